The Morgan fingerprint density at radius 3 is 2.51 bits per heavy atom. The molecule has 0 bridgehead atoms. The Morgan fingerprint density at radius 1 is 0.943 bits per heavy atom. The molecule has 4 heterocycles. The number of rotatable bonds is 2. The quantitative estimate of drug-likeness (QED) is 0.604. The molecule has 1 aromatic heterocycles. The Kier molecular flexibility index (Phi) is 4.91. The van der Waals surface area contributed by atoms with Crippen molar-refractivity contribution in [1.29, 1.82) is 0 Å². The average molecular weight is 470 g/mol. The Balaban J connectivity index is 1.28. The second-order valence-corrected chi connectivity index (χ2v) is 9.53. The molecule has 1 saturated heterocycles. The van der Waals surface area contributed by atoms with Gasteiger partial charge in [0.1, 0.15) is 5.82 Å². The first kappa shape index (κ1) is 21.5. The summed E-state index contributed by atoms with van der Waals surface area (Å²) in [6.07, 6.45) is 2.21. The van der Waals surface area contributed by atoms with E-state index in [1.54, 1.807) is 16.5 Å². The zero-order valence-electron chi connectivity index (χ0n) is 19.6. The summed E-state index contributed by atoms with van der Waals surface area (Å²) in [4.78, 5) is 42.6. The largest absolute Gasteiger partial charge is 0.358 e. The molecule has 35 heavy (non-hydrogen) atoms. The lowest BCUT2D eigenvalue weighted by Gasteiger charge is -2.46. The normalized spacial score (nSPS) is 18.0. The lowest BCUT2D eigenvalue weighted by Crippen LogP contribution is -2.57. The smallest absolute Gasteiger partial charge is 0.319 e. The van der Waals surface area contributed by atoms with E-state index in [4.69, 9.17) is 0 Å². The van der Waals surface area contributed by atoms with E-state index in [9.17, 15) is 14.4 Å². The fraction of sp³-hybridized carbons (Fsp3) is 0.296. The number of nitrogens with one attached hydrogen (secondary N) is 2. The number of anilines is 3. The number of piperidine rings is 1. The van der Waals surface area contributed by atoms with Crippen LogP contribution >= 0.6 is 0 Å². The molecule has 0 unspecified atom stereocenters. The number of carbonyl (C=O) groups is 2. The number of urea groups is 1. The Morgan fingerprint density at radius 2 is 1.69 bits per heavy atom. The number of aromatic nitrogens is 1. The van der Waals surface area contributed by atoms with Gasteiger partial charge >= 0.3 is 6.03 Å². The van der Waals surface area contributed by atoms with Gasteiger partial charge < -0.3 is 20.4 Å². The number of carbonyl (C=O) groups excluding carboxylic acids is 2. The summed E-state index contributed by atoms with van der Waals surface area (Å²) >= 11 is 0. The zero-order chi connectivity index (χ0) is 24.2. The average Bonchev–Trinajstić information content (AvgIpc) is 3.30. The monoisotopic (exact) mass is 469 g/mol. The number of nitrogens with zero attached hydrogens (tertiary/aromatic N) is 3. The number of fused-ring (bicyclic) bond motifs is 3. The van der Waals surface area contributed by atoms with Crippen LogP contribution in [-0.2, 0) is 19.0 Å². The van der Waals surface area contributed by atoms with Gasteiger partial charge in [-0.2, -0.15) is 0 Å². The molecule has 6 rings (SSSR count). The third-order valence-electron chi connectivity index (χ3n) is 7.60. The highest BCUT2D eigenvalue weighted by molar-refractivity contribution is 6.07. The van der Waals surface area contributed by atoms with Crippen LogP contribution in [0.4, 0.5) is 22.0 Å². The van der Waals surface area contributed by atoms with E-state index < -0.39 is 5.54 Å². The number of amides is 3. The molecule has 3 aliphatic rings. The van der Waals surface area contributed by atoms with Gasteiger partial charge in [-0.3, -0.25) is 14.2 Å². The molecule has 0 atom stereocenters. The minimum absolute atomic E-state index is 0.151. The number of para-hydroxylation sites is 2. The Bertz CT molecular complexity index is 1400. The van der Waals surface area contributed by atoms with Gasteiger partial charge in [0.05, 0.1) is 5.54 Å². The van der Waals surface area contributed by atoms with Crippen molar-refractivity contribution in [2.24, 2.45) is 7.05 Å². The molecule has 3 amide bonds. The molecule has 0 saturated carbocycles. The van der Waals surface area contributed by atoms with Crippen molar-refractivity contribution in [2.75, 3.05) is 34.8 Å². The summed E-state index contributed by atoms with van der Waals surface area (Å²) in [6.45, 7) is 1.90. The number of pyridine rings is 1. The molecule has 178 valence electrons. The molecular weight excluding hydrogens is 442 g/mol. The van der Waals surface area contributed by atoms with E-state index in [0.717, 1.165) is 34.7 Å². The van der Waals surface area contributed by atoms with Crippen LogP contribution in [0.1, 0.15) is 34.3 Å². The Labute approximate surface area is 203 Å². The third-order valence-corrected chi connectivity index (χ3v) is 7.60. The maximum absolute atomic E-state index is 13.4. The summed E-state index contributed by atoms with van der Waals surface area (Å²) in [6, 6.07) is 18.9. The minimum Gasteiger partial charge on any atom is -0.358 e. The molecule has 1 fully saturated rings. The third kappa shape index (κ3) is 3.48. The van der Waals surface area contributed by atoms with Gasteiger partial charge in [0.15, 0.2) is 0 Å². The van der Waals surface area contributed by atoms with Crippen LogP contribution in [0.25, 0.3) is 0 Å². The lowest BCUT2D eigenvalue weighted by molar-refractivity contribution is 0.0989. The molecule has 1 spiro atoms. The lowest BCUT2D eigenvalue weighted by atomic mass is 9.79. The summed E-state index contributed by atoms with van der Waals surface area (Å²) in [7, 11) is 1.74. The van der Waals surface area contributed by atoms with Crippen molar-refractivity contribution < 1.29 is 9.59 Å². The molecule has 2 aromatic carbocycles. The van der Waals surface area contributed by atoms with Crippen LogP contribution in [0.5, 0.6) is 0 Å². The van der Waals surface area contributed by atoms with E-state index in [0.29, 0.717) is 38.0 Å². The highest BCUT2D eigenvalue weighted by atomic mass is 16.2. The van der Waals surface area contributed by atoms with E-state index in [1.807, 2.05) is 48.5 Å². The Hall–Kier alpha value is -4.07. The fourth-order valence-electron chi connectivity index (χ4n) is 5.71. The summed E-state index contributed by atoms with van der Waals surface area (Å²) in [5, 5.41) is 6.05. The molecular formula is C27H27N5O3. The van der Waals surface area contributed by atoms with Crippen LogP contribution < -0.4 is 26.0 Å². The van der Waals surface area contributed by atoms with Crippen molar-refractivity contribution in [1.82, 2.24) is 9.88 Å². The van der Waals surface area contributed by atoms with Gasteiger partial charge in [-0.25, -0.2) is 4.79 Å². The minimum atomic E-state index is -0.443. The van der Waals surface area contributed by atoms with E-state index >= 15 is 0 Å². The van der Waals surface area contributed by atoms with E-state index in [1.165, 1.54) is 6.07 Å². The first-order valence-electron chi connectivity index (χ1n) is 12.0. The summed E-state index contributed by atoms with van der Waals surface area (Å²) in [5.74, 6) is 0.568. The molecule has 3 aromatic rings. The molecule has 8 nitrogen and oxygen atoms in total. The second kappa shape index (κ2) is 8.01. The van der Waals surface area contributed by atoms with Gasteiger partial charge in [0.25, 0.3) is 11.5 Å². The van der Waals surface area contributed by atoms with Crippen molar-refractivity contribution >= 4 is 29.1 Å². The van der Waals surface area contributed by atoms with Crippen LogP contribution in [0, 0.1) is 0 Å². The molecule has 2 N–H and O–H groups in total. The first-order valence-corrected chi connectivity index (χ1v) is 12.0. The summed E-state index contributed by atoms with van der Waals surface area (Å²) in [5.41, 5.74) is 3.75. The maximum atomic E-state index is 13.4. The SMILES string of the molecule is Cn1c(N2CCC3(CC2)NC(=O)Nc2ccccc23)cc(C(=O)N2CCc3ccccc32)cc1=O. The van der Waals surface area contributed by atoms with Crippen LogP contribution in [0.15, 0.2) is 65.5 Å². The van der Waals surface area contributed by atoms with Crippen LogP contribution in [-0.4, -0.2) is 36.1 Å². The number of hydrogen-bond acceptors (Lipinski definition) is 4. The summed E-state index contributed by atoms with van der Waals surface area (Å²) < 4.78 is 1.60. The predicted molar refractivity (Wildman–Crippen MR) is 135 cm³/mol. The fourth-order valence-corrected chi connectivity index (χ4v) is 5.71. The topological polar surface area (TPSA) is 86.7 Å². The molecule has 0 radical (unpaired) electrons. The highest BCUT2D eigenvalue weighted by Gasteiger charge is 2.42. The van der Waals surface area contributed by atoms with E-state index in [-0.39, 0.29) is 17.5 Å². The predicted octanol–water partition coefficient (Wildman–Crippen LogP) is 3.22. The number of benzene rings is 2. The van der Waals surface area contributed by atoms with Gasteiger partial charge in [-0.15, -0.1) is 0 Å². The first-order chi connectivity index (χ1) is 16.9. The van der Waals surface area contributed by atoms with Crippen molar-refractivity contribution in [3.63, 3.8) is 0 Å². The van der Waals surface area contributed by atoms with E-state index in [2.05, 4.69) is 21.6 Å². The molecule has 8 heteroatoms. The van der Waals surface area contributed by atoms with Gasteiger partial charge in [-0.05, 0) is 43.0 Å². The maximum Gasteiger partial charge on any atom is 0.319 e. The number of hydrogen-bond donors (Lipinski definition) is 2. The van der Waals surface area contributed by atoms with Crippen molar-refractivity contribution in [3.8, 4) is 0 Å². The molecule has 3 aliphatic heterocycles. The van der Waals surface area contributed by atoms with Crippen molar-refractivity contribution in [2.45, 2.75) is 24.8 Å². The van der Waals surface area contributed by atoms with Crippen LogP contribution in [0.3, 0.4) is 0 Å². The standard InChI is InChI=1S/C27H27N5O3/c1-30-23(16-19(17-24(30)33)25(34)32-13-10-18-6-2-5-9-22(18)32)31-14-11-27(12-15-31)20-7-3-4-8-21(20)28-26(35)29-27/h2-9,16-17H,10-15H2,1H3,(H2,28,29,35). The highest BCUT2D eigenvalue weighted by Crippen LogP contribution is 2.40. The van der Waals surface area contributed by atoms with Gasteiger partial charge in [0, 0.05) is 55.2 Å². The van der Waals surface area contributed by atoms with Crippen molar-refractivity contribution in [3.05, 3.63) is 87.7 Å². The second-order valence-electron chi connectivity index (χ2n) is 9.53. The van der Waals surface area contributed by atoms with Gasteiger partial charge in [0.2, 0.25) is 0 Å². The van der Waals surface area contributed by atoms with Crippen LogP contribution in [0.2, 0.25) is 0 Å². The van der Waals surface area contributed by atoms with Gasteiger partial charge in [-0.1, -0.05) is 36.4 Å². The molecule has 0 aliphatic carbocycles. The zero-order valence-corrected chi connectivity index (χ0v) is 19.6.